The van der Waals surface area contributed by atoms with Crippen LogP contribution in [-0.2, 0) is 16.1 Å². The van der Waals surface area contributed by atoms with Gasteiger partial charge in [0, 0.05) is 6.54 Å². The minimum absolute atomic E-state index is 0.0693. The van der Waals surface area contributed by atoms with Gasteiger partial charge in [-0.1, -0.05) is 13.8 Å². The average molecular weight is 290 g/mol. The van der Waals surface area contributed by atoms with Gasteiger partial charge in [0.05, 0.1) is 6.54 Å². The Morgan fingerprint density at radius 1 is 1.29 bits per heavy atom. The monoisotopic (exact) mass is 290 g/mol. The molecule has 3 heterocycles. The van der Waals surface area contributed by atoms with Gasteiger partial charge in [-0.15, -0.1) is 0 Å². The molecular formula is C16H22N2O3. The first kappa shape index (κ1) is 14.2. The Hall–Kier alpha value is -1.78. The molecule has 2 amide bonds. The maximum atomic E-state index is 12.8. The van der Waals surface area contributed by atoms with Gasteiger partial charge in [0.1, 0.15) is 23.6 Å². The molecule has 0 saturated carbocycles. The van der Waals surface area contributed by atoms with Gasteiger partial charge in [-0.05, 0) is 37.8 Å². The zero-order valence-electron chi connectivity index (χ0n) is 12.8. The first-order valence-corrected chi connectivity index (χ1v) is 7.65. The number of nitrogens with zero attached hydrogens (tertiary/aromatic N) is 2. The molecule has 0 spiro atoms. The molecule has 3 rings (SSSR count). The second kappa shape index (κ2) is 5.20. The molecule has 0 bridgehead atoms. The van der Waals surface area contributed by atoms with Crippen molar-refractivity contribution in [1.29, 1.82) is 0 Å². The van der Waals surface area contributed by atoms with E-state index in [4.69, 9.17) is 4.42 Å². The summed E-state index contributed by atoms with van der Waals surface area (Å²) < 4.78 is 5.59. The normalized spacial score (nSPS) is 25.9. The fourth-order valence-corrected chi connectivity index (χ4v) is 3.48. The lowest BCUT2D eigenvalue weighted by atomic mass is 9.96. The minimum Gasteiger partial charge on any atom is -0.464 e. The summed E-state index contributed by atoms with van der Waals surface area (Å²) in [6, 6.07) is 3.13. The summed E-state index contributed by atoms with van der Waals surface area (Å²) in [4.78, 5) is 29.0. The van der Waals surface area contributed by atoms with E-state index < -0.39 is 0 Å². The summed E-state index contributed by atoms with van der Waals surface area (Å²) in [5, 5.41) is 0. The standard InChI is InChI=1S/C16H22N2O3/c1-10(2)14-16(20)17-8-4-5-13(17)15(19)18(14)9-12-7-6-11(3)21-12/h6-7,10,13-14H,4-5,8-9H2,1-3H3. The zero-order valence-corrected chi connectivity index (χ0v) is 12.8. The molecule has 21 heavy (non-hydrogen) atoms. The molecule has 2 aliphatic rings. The third-order valence-corrected chi connectivity index (χ3v) is 4.45. The van der Waals surface area contributed by atoms with Crippen molar-refractivity contribution in [1.82, 2.24) is 9.80 Å². The summed E-state index contributed by atoms with van der Waals surface area (Å²) in [6.07, 6.45) is 1.70. The van der Waals surface area contributed by atoms with E-state index in [9.17, 15) is 9.59 Å². The Bertz CT molecular complexity index is 564. The lowest BCUT2D eigenvalue weighted by molar-refractivity contribution is -0.162. The lowest BCUT2D eigenvalue weighted by Crippen LogP contribution is -2.63. The Balaban J connectivity index is 1.90. The van der Waals surface area contributed by atoms with Gasteiger partial charge in [0.15, 0.2) is 0 Å². The summed E-state index contributed by atoms with van der Waals surface area (Å²) in [5.74, 6) is 1.82. The zero-order chi connectivity index (χ0) is 15.1. The van der Waals surface area contributed by atoms with Gasteiger partial charge in [0.2, 0.25) is 11.8 Å². The van der Waals surface area contributed by atoms with Crippen LogP contribution in [0.2, 0.25) is 0 Å². The second-order valence-corrected chi connectivity index (χ2v) is 6.36. The van der Waals surface area contributed by atoms with E-state index in [1.807, 2.05) is 32.9 Å². The number of hydrogen-bond acceptors (Lipinski definition) is 3. The number of aryl methyl sites for hydroxylation is 1. The number of hydrogen-bond donors (Lipinski definition) is 0. The molecule has 1 aromatic heterocycles. The van der Waals surface area contributed by atoms with E-state index >= 15 is 0 Å². The molecule has 1 aromatic rings. The number of piperazine rings is 1. The van der Waals surface area contributed by atoms with Crippen molar-refractivity contribution >= 4 is 11.8 Å². The van der Waals surface area contributed by atoms with Crippen LogP contribution in [-0.4, -0.2) is 40.2 Å². The van der Waals surface area contributed by atoms with Gasteiger partial charge in [-0.2, -0.15) is 0 Å². The topological polar surface area (TPSA) is 53.8 Å². The van der Waals surface area contributed by atoms with Crippen LogP contribution in [0.15, 0.2) is 16.5 Å². The van der Waals surface area contributed by atoms with E-state index in [0.717, 1.165) is 24.4 Å². The predicted octanol–water partition coefficient (Wildman–Crippen LogP) is 1.95. The minimum atomic E-state index is -0.378. The Kier molecular flexibility index (Phi) is 3.51. The van der Waals surface area contributed by atoms with E-state index in [0.29, 0.717) is 13.1 Å². The molecule has 2 atom stereocenters. The Morgan fingerprint density at radius 2 is 2.05 bits per heavy atom. The summed E-state index contributed by atoms with van der Waals surface area (Å²) in [5.41, 5.74) is 0. The van der Waals surface area contributed by atoms with Gasteiger partial charge in [-0.3, -0.25) is 9.59 Å². The smallest absolute Gasteiger partial charge is 0.246 e. The van der Waals surface area contributed by atoms with Crippen LogP contribution in [0.5, 0.6) is 0 Å². The van der Waals surface area contributed by atoms with Crippen molar-refractivity contribution in [3.05, 3.63) is 23.7 Å². The molecule has 5 nitrogen and oxygen atoms in total. The van der Waals surface area contributed by atoms with Crippen LogP contribution in [0, 0.1) is 12.8 Å². The lowest BCUT2D eigenvalue weighted by Gasteiger charge is -2.43. The van der Waals surface area contributed by atoms with Crippen molar-refractivity contribution in [3.63, 3.8) is 0 Å². The number of carbonyl (C=O) groups is 2. The van der Waals surface area contributed by atoms with E-state index in [-0.39, 0.29) is 29.8 Å². The highest BCUT2D eigenvalue weighted by Crippen LogP contribution is 2.31. The SMILES string of the molecule is Cc1ccc(CN2C(=O)C3CCCN3C(=O)C2C(C)C)o1. The van der Waals surface area contributed by atoms with Crippen molar-refractivity contribution < 1.29 is 14.0 Å². The fraction of sp³-hybridized carbons (Fsp3) is 0.625. The Labute approximate surface area is 124 Å². The van der Waals surface area contributed by atoms with Gasteiger partial charge >= 0.3 is 0 Å². The highest BCUT2D eigenvalue weighted by atomic mass is 16.3. The van der Waals surface area contributed by atoms with Crippen molar-refractivity contribution in [2.45, 2.75) is 52.2 Å². The third-order valence-electron chi connectivity index (χ3n) is 4.45. The molecule has 0 radical (unpaired) electrons. The van der Waals surface area contributed by atoms with E-state index in [1.165, 1.54) is 0 Å². The molecule has 2 aliphatic heterocycles. The van der Waals surface area contributed by atoms with E-state index in [2.05, 4.69) is 0 Å². The molecule has 2 fully saturated rings. The second-order valence-electron chi connectivity index (χ2n) is 6.36. The predicted molar refractivity (Wildman–Crippen MR) is 77.4 cm³/mol. The molecule has 2 saturated heterocycles. The maximum absolute atomic E-state index is 12.8. The highest BCUT2D eigenvalue weighted by molar-refractivity contribution is 5.97. The number of carbonyl (C=O) groups excluding carboxylic acids is 2. The van der Waals surface area contributed by atoms with E-state index in [1.54, 1.807) is 9.80 Å². The van der Waals surface area contributed by atoms with Crippen molar-refractivity contribution in [3.8, 4) is 0 Å². The van der Waals surface area contributed by atoms with Gasteiger partial charge in [-0.25, -0.2) is 0 Å². The summed E-state index contributed by atoms with van der Waals surface area (Å²) in [6.45, 7) is 6.96. The summed E-state index contributed by atoms with van der Waals surface area (Å²) >= 11 is 0. The van der Waals surface area contributed by atoms with Gasteiger partial charge < -0.3 is 14.2 Å². The number of fused-ring (bicyclic) bond motifs is 1. The number of furan rings is 1. The first-order chi connectivity index (χ1) is 9.99. The molecule has 114 valence electrons. The first-order valence-electron chi connectivity index (χ1n) is 7.65. The quantitative estimate of drug-likeness (QED) is 0.855. The average Bonchev–Trinajstić information content (AvgIpc) is 3.04. The van der Waals surface area contributed by atoms with Crippen LogP contribution in [0.1, 0.15) is 38.2 Å². The van der Waals surface area contributed by atoms with Gasteiger partial charge in [0.25, 0.3) is 0 Å². The number of rotatable bonds is 3. The fourth-order valence-electron chi connectivity index (χ4n) is 3.48. The highest BCUT2D eigenvalue weighted by Gasteiger charge is 2.48. The molecule has 2 unspecified atom stereocenters. The van der Waals surface area contributed by atoms with Crippen LogP contribution >= 0.6 is 0 Å². The largest absolute Gasteiger partial charge is 0.464 e. The maximum Gasteiger partial charge on any atom is 0.246 e. The Morgan fingerprint density at radius 3 is 2.67 bits per heavy atom. The number of amides is 2. The van der Waals surface area contributed by atoms with Crippen LogP contribution in [0.4, 0.5) is 0 Å². The molecule has 0 aromatic carbocycles. The van der Waals surface area contributed by atoms with Crippen LogP contribution in [0.25, 0.3) is 0 Å². The van der Waals surface area contributed by atoms with Crippen LogP contribution < -0.4 is 0 Å². The molecular weight excluding hydrogens is 268 g/mol. The third kappa shape index (κ3) is 2.34. The van der Waals surface area contributed by atoms with Crippen molar-refractivity contribution in [2.75, 3.05) is 6.54 Å². The molecule has 5 heteroatoms. The summed E-state index contributed by atoms with van der Waals surface area (Å²) in [7, 11) is 0. The molecule has 0 N–H and O–H groups in total. The van der Waals surface area contributed by atoms with Crippen LogP contribution in [0.3, 0.4) is 0 Å². The van der Waals surface area contributed by atoms with Crippen molar-refractivity contribution in [2.24, 2.45) is 5.92 Å². The molecule has 0 aliphatic carbocycles.